The summed E-state index contributed by atoms with van der Waals surface area (Å²) in [6.45, 7) is 2.03. The lowest BCUT2D eigenvalue weighted by molar-refractivity contribution is -0.112. The number of nitrogens with one attached hydrogen (secondary N) is 2. The van der Waals surface area contributed by atoms with E-state index in [1.165, 1.54) is 16.2 Å². The Bertz CT molecular complexity index is 1530. The number of aromatic nitrogens is 1. The highest BCUT2D eigenvalue weighted by Crippen LogP contribution is 2.38. The van der Waals surface area contributed by atoms with Crippen LogP contribution >= 0.6 is 11.3 Å². The van der Waals surface area contributed by atoms with E-state index in [-0.39, 0.29) is 5.57 Å². The normalized spacial score (nSPS) is 13.2. The molecule has 0 spiro atoms. The van der Waals surface area contributed by atoms with Crippen molar-refractivity contribution in [3.05, 3.63) is 81.2 Å². The van der Waals surface area contributed by atoms with Crippen LogP contribution in [0.25, 0.3) is 28.2 Å². The van der Waals surface area contributed by atoms with Crippen molar-refractivity contribution in [1.82, 2.24) is 4.98 Å². The van der Waals surface area contributed by atoms with Crippen molar-refractivity contribution < 1.29 is 4.79 Å². The van der Waals surface area contributed by atoms with Gasteiger partial charge in [-0.05, 0) is 55.4 Å². The predicted molar refractivity (Wildman–Crippen MR) is 136 cm³/mol. The van der Waals surface area contributed by atoms with Crippen molar-refractivity contribution in [2.45, 2.75) is 32.6 Å². The maximum atomic E-state index is 13.2. The van der Waals surface area contributed by atoms with Crippen LogP contribution < -0.4 is 5.32 Å². The summed E-state index contributed by atoms with van der Waals surface area (Å²) in [6, 6.07) is 20.2. The molecule has 4 aromatic rings. The van der Waals surface area contributed by atoms with Gasteiger partial charge in [0.2, 0.25) is 0 Å². The fourth-order valence-corrected chi connectivity index (χ4v) is 5.84. The molecule has 0 bridgehead atoms. The standard InChI is InChI=1S/C28H22N4OS/c1-17-8-7-12-21-22(26(31-25(17)21)18-9-3-2-4-10-18)14-19(15-29)27(33)32-28-23(16-30)20-11-5-6-13-24(20)34-28/h2-4,7-10,12,14,31H,5-6,11,13H2,1H3,(H,32,33)/b19-14+. The van der Waals surface area contributed by atoms with Crippen LogP contribution in [0.4, 0.5) is 5.00 Å². The molecule has 5 nitrogen and oxygen atoms in total. The number of carbonyl (C=O) groups is 1. The number of nitriles is 2. The second-order valence-corrected chi connectivity index (χ2v) is 9.53. The predicted octanol–water partition coefficient (Wildman–Crippen LogP) is 6.50. The van der Waals surface area contributed by atoms with Gasteiger partial charge in [0.25, 0.3) is 5.91 Å². The molecule has 34 heavy (non-hydrogen) atoms. The molecule has 1 aliphatic carbocycles. The van der Waals surface area contributed by atoms with E-state index in [9.17, 15) is 15.3 Å². The molecule has 0 saturated carbocycles. The number of benzene rings is 2. The van der Waals surface area contributed by atoms with Crippen LogP contribution in [0.2, 0.25) is 0 Å². The lowest BCUT2D eigenvalue weighted by Crippen LogP contribution is -2.13. The van der Waals surface area contributed by atoms with Crippen LogP contribution in [0.15, 0.2) is 54.1 Å². The van der Waals surface area contributed by atoms with Gasteiger partial charge in [0, 0.05) is 21.3 Å². The maximum absolute atomic E-state index is 13.2. The first-order valence-corrected chi connectivity index (χ1v) is 12.1. The van der Waals surface area contributed by atoms with Crippen LogP contribution in [0.3, 0.4) is 0 Å². The van der Waals surface area contributed by atoms with Crippen molar-refractivity contribution >= 4 is 39.2 Å². The van der Waals surface area contributed by atoms with E-state index < -0.39 is 5.91 Å². The van der Waals surface area contributed by atoms with Gasteiger partial charge in [-0.1, -0.05) is 48.5 Å². The van der Waals surface area contributed by atoms with Gasteiger partial charge in [-0.2, -0.15) is 10.5 Å². The van der Waals surface area contributed by atoms with Crippen molar-refractivity contribution in [3.63, 3.8) is 0 Å². The summed E-state index contributed by atoms with van der Waals surface area (Å²) in [6.07, 6.45) is 5.59. The van der Waals surface area contributed by atoms with Crippen molar-refractivity contribution in [1.29, 1.82) is 10.5 Å². The third-order valence-electron chi connectivity index (χ3n) is 6.31. The fraction of sp³-hybridized carbons (Fsp3) is 0.179. The number of hydrogen-bond donors (Lipinski definition) is 2. The summed E-state index contributed by atoms with van der Waals surface area (Å²) in [5, 5.41) is 24.0. The molecule has 0 atom stereocenters. The number of anilines is 1. The third kappa shape index (κ3) is 3.79. The van der Waals surface area contributed by atoms with Crippen molar-refractivity contribution in [2.75, 3.05) is 5.32 Å². The monoisotopic (exact) mass is 462 g/mol. The lowest BCUT2D eigenvalue weighted by Gasteiger charge is -2.09. The molecule has 0 fully saturated rings. The number of para-hydroxylation sites is 1. The number of nitrogens with zero attached hydrogens (tertiary/aromatic N) is 2. The molecule has 2 aromatic carbocycles. The number of aryl methyl sites for hydroxylation is 2. The number of hydrogen-bond acceptors (Lipinski definition) is 4. The highest BCUT2D eigenvalue weighted by molar-refractivity contribution is 7.16. The van der Waals surface area contributed by atoms with Gasteiger partial charge in [-0.3, -0.25) is 4.79 Å². The van der Waals surface area contributed by atoms with E-state index >= 15 is 0 Å². The fourth-order valence-electron chi connectivity index (χ4n) is 4.60. The van der Waals surface area contributed by atoms with Gasteiger partial charge < -0.3 is 10.3 Å². The molecule has 2 heterocycles. The van der Waals surface area contributed by atoms with Crippen molar-refractivity contribution in [3.8, 4) is 23.4 Å². The highest BCUT2D eigenvalue weighted by atomic mass is 32.1. The first kappa shape index (κ1) is 21.7. The summed E-state index contributed by atoms with van der Waals surface area (Å²) in [5.74, 6) is -0.501. The summed E-state index contributed by atoms with van der Waals surface area (Å²) in [7, 11) is 0. The van der Waals surface area contributed by atoms with Gasteiger partial charge >= 0.3 is 0 Å². The highest BCUT2D eigenvalue weighted by Gasteiger charge is 2.23. The Morgan fingerprint density at radius 3 is 2.65 bits per heavy atom. The first-order valence-electron chi connectivity index (χ1n) is 11.2. The average molecular weight is 463 g/mol. The molecule has 1 aliphatic rings. The molecule has 0 unspecified atom stereocenters. The van der Waals surface area contributed by atoms with E-state index in [4.69, 9.17) is 0 Å². The largest absolute Gasteiger partial charge is 0.354 e. The lowest BCUT2D eigenvalue weighted by atomic mass is 9.96. The zero-order valence-corrected chi connectivity index (χ0v) is 19.6. The van der Waals surface area contributed by atoms with Gasteiger partial charge in [0.1, 0.15) is 22.7 Å². The number of aromatic amines is 1. The van der Waals surface area contributed by atoms with Gasteiger partial charge in [0.15, 0.2) is 0 Å². The minimum atomic E-state index is -0.501. The Hall–Kier alpha value is -4.13. The number of H-pyrrole nitrogens is 1. The molecule has 0 saturated heterocycles. The second kappa shape index (κ2) is 9.02. The van der Waals surface area contributed by atoms with Gasteiger partial charge in [-0.25, -0.2) is 0 Å². The first-order chi connectivity index (χ1) is 16.6. The maximum Gasteiger partial charge on any atom is 0.266 e. The summed E-state index contributed by atoms with van der Waals surface area (Å²) in [4.78, 5) is 17.8. The van der Waals surface area contributed by atoms with Crippen molar-refractivity contribution in [2.24, 2.45) is 0 Å². The molecule has 2 aromatic heterocycles. The summed E-state index contributed by atoms with van der Waals surface area (Å²) in [5.41, 5.74) is 6.27. The topological polar surface area (TPSA) is 92.5 Å². The van der Waals surface area contributed by atoms with E-state index in [1.807, 2.05) is 55.5 Å². The van der Waals surface area contributed by atoms with Crippen LogP contribution in [0, 0.1) is 29.6 Å². The minimum Gasteiger partial charge on any atom is -0.354 e. The Balaban J connectivity index is 1.58. The second-order valence-electron chi connectivity index (χ2n) is 8.43. The zero-order valence-electron chi connectivity index (χ0n) is 18.7. The number of carbonyl (C=O) groups excluding carboxylic acids is 1. The van der Waals surface area contributed by atoms with E-state index in [1.54, 1.807) is 6.08 Å². The van der Waals surface area contributed by atoms with E-state index in [0.717, 1.165) is 64.5 Å². The zero-order chi connectivity index (χ0) is 23.7. The average Bonchev–Trinajstić information content (AvgIpc) is 3.41. The molecule has 0 aliphatic heterocycles. The number of rotatable bonds is 4. The molecule has 166 valence electrons. The Labute approximate surface area is 202 Å². The van der Waals surface area contributed by atoms with Gasteiger partial charge in [-0.15, -0.1) is 11.3 Å². The van der Waals surface area contributed by atoms with Crippen LogP contribution in [0.5, 0.6) is 0 Å². The quantitative estimate of drug-likeness (QED) is 0.268. The summed E-state index contributed by atoms with van der Waals surface area (Å²) >= 11 is 1.46. The smallest absolute Gasteiger partial charge is 0.266 e. The molecule has 6 heteroatoms. The van der Waals surface area contributed by atoms with Gasteiger partial charge in [0.05, 0.1) is 11.3 Å². The number of amides is 1. The number of fused-ring (bicyclic) bond motifs is 2. The molecule has 2 N–H and O–H groups in total. The minimum absolute atomic E-state index is 0.00477. The van der Waals surface area contributed by atoms with E-state index in [2.05, 4.69) is 22.4 Å². The molecule has 0 radical (unpaired) electrons. The number of thiophene rings is 1. The Morgan fingerprint density at radius 2 is 1.88 bits per heavy atom. The van der Waals surface area contributed by atoms with E-state index in [0.29, 0.717) is 10.6 Å². The molecular formula is C28H22N4OS. The van der Waals surface area contributed by atoms with Crippen LogP contribution in [0.1, 0.15) is 40.0 Å². The summed E-state index contributed by atoms with van der Waals surface area (Å²) < 4.78 is 0. The van der Waals surface area contributed by atoms with Crippen LogP contribution in [-0.4, -0.2) is 10.9 Å². The molecule has 5 rings (SSSR count). The molecular weight excluding hydrogens is 440 g/mol. The third-order valence-corrected chi connectivity index (χ3v) is 7.52. The SMILES string of the molecule is Cc1cccc2c(/C=C(\C#N)C(=O)Nc3sc4c(c3C#N)CCCC4)c(-c3ccccc3)[nH]c12. The molecule has 1 amide bonds. The van der Waals surface area contributed by atoms with Crippen LogP contribution in [-0.2, 0) is 17.6 Å². The Kier molecular flexibility index (Phi) is 5.76. The Morgan fingerprint density at radius 1 is 1.09 bits per heavy atom.